The molecule has 0 bridgehead atoms. The molecular weight excluding hydrogens is 216 g/mol. The summed E-state index contributed by atoms with van der Waals surface area (Å²) in [6.45, 7) is 1.02. The van der Waals surface area contributed by atoms with Gasteiger partial charge in [-0.05, 0) is 31.5 Å². The molecule has 90 valence electrons. The first-order chi connectivity index (χ1) is 8.34. The third-order valence-corrected chi connectivity index (χ3v) is 3.25. The fourth-order valence-corrected chi connectivity index (χ4v) is 2.29. The van der Waals surface area contributed by atoms with Crippen LogP contribution in [0.3, 0.4) is 0 Å². The maximum absolute atomic E-state index is 6.19. The van der Waals surface area contributed by atoms with Crippen LogP contribution in [0.15, 0.2) is 22.7 Å². The van der Waals surface area contributed by atoms with E-state index in [1.807, 2.05) is 12.1 Å². The summed E-state index contributed by atoms with van der Waals surface area (Å²) in [6, 6.07) is 3.77. The van der Waals surface area contributed by atoms with E-state index in [-0.39, 0.29) is 12.1 Å². The lowest BCUT2D eigenvalue weighted by atomic mass is 9.98. The highest BCUT2D eigenvalue weighted by Crippen LogP contribution is 2.23. The first-order valence-electron chi connectivity index (χ1n) is 6.05. The summed E-state index contributed by atoms with van der Waals surface area (Å²) >= 11 is 0. The van der Waals surface area contributed by atoms with Crippen molar-refractivity contribution in [3.05, 3.63) is 24.2 Å². The SMILES string of the molecule is NC(c1nc2ncccc2o1)C1CCCCN1. The Morgan fingerprint density at radius 2 is 2.41 bits per heavy atom. The van der Waals surface area contributed by atoms with Crippen LogP contribution in [0, 0.1) is 0 Å². The molecule has 0 amide bonds. The zero-order chi connectivity index (χ0) is 11.7. The van der Waals surface area contributed by atoms with Crippen molar-refractivity contribution in [2.24, 2.45) is 5.73 Å². The molecule has 2 atom stereocenters. The minimum atomic E-state index is -0.190. The van der Waals surface area contributed by atoms with E-state index in [0.29, 0.717) is 17.1 Å². The molecule has 0 saturated carbocycles. The number of nitrogens with zero attached hydrogens (tertiary/aromatic N) is 2. The van der Waals surface area contributed by atoms with E-state index < -0.39 is 0 Å². The average molecular weight is 232 g/mol. The minimum absolute atomic E-state index is 0.190. The average Bonchev–Trinajstić information content (AvgIpc) is 2.82. The Hall–Kier alpha value is -1.46. The molecule has 2 aromatic rings. The van der Waals surface area contributed by atoms with Gasteiger partial charge in [0.25, 0.3) is 0 Å². The lowest BCUT2D eigenvalue weighted by Gasteiger charge is -2.26. The molecule has 3 N–H and O–H groups in total. The number of nitrogens with one attached hydrogen (secondary N) is 1. The minimum Gasteiger partial charge on any atom is -0.437 e. The summed E-state index contributed by atoms with van der Waals surface area (Å²) in [5.74, 6) is 0.582. The van der Waals surface area contributed by atoms with Crippen LogP contribution in [0.25, 0.3) is 11.2 Å². The summed E-state index contributed by atoms with van der Waals surface area (Å²) in [4.78, 5) is 8.49. The Morgan fingerprint density at radius 3 is 3.18 bits per heavy atom. The largest absolute Gasteiger partial charge is 0.437 e. The number of aromatic nitrogens is 2. The molecule has 0 radical (unpaired) electrons. The van der Waals surface area contributed by atoms with Crippen LogP contribution in [-0.2, 0) is 0 Å². The fourth-order valence-electron chi connectivity index (χ4n) is 2.29. The number of hydrogen-bond donors (Lipinski definition) is 2. The van der Waals surface area contributed by atoms with Crippen molar-refractivity contribution in [2.75, 3.05) is 6.54 Å². The second-order valence-electron chi connectivity index (χ2n) is 4.46. The van der Waals surface area contributed by atoms with Gasteiger partial charge in [-0.15, -0.1) is 0 Å². The third-order valence-electron chi connectivity index (χ3n) is 3.25. The molecule has 2 unspecified atom stereocenters. The maximum Gasteiger partial charge on any atom is 0.215 e. The second-order valence-corrected chi connectivity index (χ2v) is 4.46. The third kappa shape index (κ3) is 2.03. The van der Waals surface area contributed by atoms with Crippen molar-refractivity contribution in [3.63, 3.8) is 0 Å². The molecule has 3 heterocycles. The smallest absolute Gasteiger partial charge is 0.215 e. The van der Waals surface area contributed by atoms with Crippen LogP contribution in [0.4, 0.5) is 0 Å². The van der Waals surface area contributed by atoms with Gasteiger partial charge in [0.2, 0.25) is 5.89 Å². The van der Waals surface area contributed by atoms with Crippen molar-refractivity contribution in [1.82, 2.24) is 15.3 Å². The predicted molar refractivity (Wildman–Crippen MR) is 64.4 cm³/mol. The molecule has 1 aliphatic heterocycles. The Bertz CT molecular complexity index is 471. The van der Waals surface area contributed by atoms with Crippen molar-refractivity contribution in [2.45, 2.75) is 31.3 Å². The topological polar surface area (TPSA) is 77.0 Å². The number of oxazole rings is 1. The van der Waals surface area contributed by atoms with Crippen molar-refractivity contribution in [3.8, 4) is 0 Å². The van der Waals surface area contributed by atoms with Crippen LogP contribution < -0.4 is 11.1 Å². The van der Waals surface area contributed by atoms with Gasteiger partial charge in [-0.25, -0.2) is 4.98 Å². The number of pyridine rings is 1. The van der Waals surface area contributed by atoms with Gasteiger partial charge >= 0.3 is 0 Å². The number of rotatable bonds is 2. The molecule has 3 rings (SSSR count). The van der Waals surface area contributed by atoms with Gasteiger partial charge in [-0.2, -0.15) is 4.98 Å². The van der Waals surface area contributed by atoms with Crippen LogP contribution in [-0.4, -0.2) is 22.6 Å². The second kappa shape index (κ2) is 4.43. The fraction of sp³-hybridized carbons (Fsp3) is 0.500. The van der Waals surface area contributed by atoms with Crippen LogP contribution in [0.1, 0.15) is 31.2 Å². The Morgan fingerprint density at radius 1 is 1.47 bits per heavy atom. The predicted octanol–water partition coefficient (Wildman–Crippen LogP) is 1.36. The summed E-state index contributed by atoms with van der Waals surface area (Å²) in [5.41, 5.74) is 7.52. The van der Waals surface area contributed by atoms with Gasteiger partial charge in [0.1, 0.15) is 0 Å². The van der Waals surface area contributed by atoms with Gasteiger partial charge in [-0.3, -0.25) is 0 Å². The normalized spacial score (nSPS) is 22.8. The van der Waals surface area contributed by atoms with E-state index in [4.69, 9.17) is 10.2 Å². The molecule has 0 spiro atoms. The number of piperidine rings is 1. The van der Waals surface area contributed by atoms with E-state index in [0.717, 1.165) is 13.0 Å². The Labute approximate surface area is 99.4 Å². The van der Waals surface area contributed by atoms with E-state index in [1.54, 1.807) is 6.20 Å². The van der Waals surface area contributed by atoms with E-state index in [2.05, 4.69) is 15.3 Å². The molecule has 5 nitrogen and oxygen atoms in total. The molecule has 0 aromatic carbocycles. The number of nitrogens with two attached hydrogens (primary N) is 1. The quantitative estimate of drug-likeness (QED) is 0.817. The highest BCUT2D eigenvalue weighted by molar-refractivity contribution is 5.66. The molecule has 17 heavy (non-hydrogen) atoms. The maximum atomic E-state index is 6.19. The first kappa shape index (κ1) is 10.7. The summed E-state index contributed by atoms with van der Waals surface area (Å²) in [5, 5.41) is 3.42. The number of fused-ring (bicyclic) bond motifs is 1. The van der Waals surface area contributed by atoms with Crippen molar-refractivity contribution < 1.29 is 4.42 Å². The molecule has 5 heteroatoms. The van der Waals surface area contributed by atoms with Crippen molar-refractivity contribution >= 4 is 11.2 Å². The van der Waals surface area contributed by atoms with Gasteiger partial charge in [0.05, 0.1) is 6.04 Å². The van der Waals surface area contributed by atoms with Gasteiger partial charge in [0.15, 0.2) is 11.2 Å². The van der Waals surface area contributed by atoms with E-state index >= 15 is 0 Å². The Balaban J connectivity index is 1.86. The molecule has 1 fully saturated rings. The highest BCUT2D eigenvalue weighted by Gasteiger charge is 2.25. The molecule has 2 aromatic heterocycles. The van der Waals surface area contributed by atoms with Crippen molar-refractivity contribution in [1.29, 1.82) is 0 Å². The molecule has 1 aliphatic rings. The lowest BCUT2D eigenvalue weighted by molar-refractivity contribution is 0.319. The zero-order valence-corrected chi connectivity index (χ0v) is 9.60. The summed E-state index contributed by atoms with van der Waals surface area (Å²) in [7, 11) is 0. The van der Waals surface area contributed by atoms with Crippen LogP contribution >= 0.6 is 0 Å². The van der Waals surface area contributed by atoms with Gasteiger partial charge < -0.3 is 15.5 Å². The number of hydrogen-bond acceptors (Lipinski definition) is 5. The monoisotopic (exact) mass is 232 g/mol. The van der Waals surface area contributed by atoms with Crippen LogP contribution in [0.5, 0.6) is 0 Å². The van der Waals surface area contributed by atoms with E-state index in [9.17, 15) is 0 Å². The van der Waals surface area contributed by atoms with Gasteiger partial charge in [-0.1, -0.05) is 6.42 Å². The highest BCUT2D eigenvalue weighted by atomic mass is 16.3. The van der Waals surface area contributed by atoms with Crippen LogP contribution in [0.2, 0.25) is 0 Å². The molecule has 1 saturated heterocycles. The standard InChI is InChI=1S/C12H16N4O/c13-10(8-4-1-2-6-14-8)12-16-11-9(17-12)5-3-7-15-11/h3,5,7-8,10,14H,1-2,4,6,13H2. The van der Waals surface area contributed by atoms with Gasteiger partial charge in [0, 0.05) is 12.2 Å². The first-order valence-corrected chi connectivity index (χ1v) is 6.05. The summed E-state index contributed by atoms with van der Waals surface area (Å²) in [6.07, 6.45) is 5.22. The lowest BCUT2D eigenvalue weighted by Crippen LogP contribution is -2.42. The molecule has 0 aliphatic carbocycles. The summed E-state index contributed by atoms with van der Waals surface area (Å²) < 4.78 is 5.64. The Kier molecular flexibility index (Phi) is 2.78. The molecular formula is C12H16N4O. The van der Waals surface area contributed by atoms with E-state index in [1.165, 1.54) is 12.8 Å². The zero-order valence-electron chi connectivity index (χ0n) is 9.60.